The third-order valence-electron chi connectivity index (χ3n) is 2.18. The van der Waals surface area contributed by atoms with Crippen molar-refractivity contribution in [1.29, 1.82) is 0 Å². The SMILES string of the molecule is O=C(N/C=C/c1cccc(Br)c1)Nc1ncc(Br)cn1. The predicted octanol–water partition coefficient (Wildman–Crippen LogP) is 3.79. The molecule has 20 heavy (non-hydrogen) atoms. The van der Waals surface area contributed by atoms with Gasteiger partial charge in [-0.3, -0.25) is 5.32 Å². The van der Waals surface area contributed by atoms with E-state index in [1.165, 1.54) is 0 Å². The van der Waals surface area contributed by atoms with Crippen LogP contribution in [0.15, 0.2) is 51.8 Å². The van der Waals surface area contributed by atoms with Crippen molar-refractivity contribution in [2.75, 3.05) is 5.32 Å². The second kappa shape index (κ2) is 7.16. The molecule has 2 amide bonds. The molecular formula is C13H10Br2N4O. The Morgan fingerprint density at radius 2 is 1.90 bits per heavy atom. The van der Waals surface area contributed by atoms with Crippen molar-refractivity contribution in [1.82, 2.24) is 15.3 Å². The number of benzene rings is 1. The van der Waals surface area contributed by atoms with Gasteiger partial charge in [-0.05, 0) is 39.7 Å². The fraction of sp³-hybridized carbons (Fsp3) is 0. The van der Waals surface area contributed by atoms with E-state index in [4.69, 9.17) is 0 Å². The largest absolute Gasteiger partial charge is 0.325 e. The maximum atomic E-state index is 11.6. The van der Waals surface area contributed by atoms with Crippen molar-refractivity contribution in [2.24, 2.45) is 0 Å². The minimum atomic E-state index is -0.404. The van der Waals surface area contributed by atoms with Gasteiger partial charge in [0.05, 0.1) is 4.47 Å². The highest BCUT2D eigenvalue weighted by atomic mass is 79.9. The molecule has 0 radical (unpaired) electrons. The fourth-order valence-electron chi connectivity index (χ4n) is 1.34. The lowest BCUT2D eigenvalue weighted by Crippen LogP contribution is -2.24. The molecule has 102 valence electrons. The number of carbonyl (C=O) groups excluding carboxylic acids is 1. The molecule has 2 N–H and O–H groups in total. The molecule has 1 aromatic heterocycles. The maximum absolute atomic E-state index is 11.6. The Hall–Kier alpha value is -1.73. The molecule has 0 aliphatic heterocycles. The van der Waals surface area contributed by atoms with Gasteiger partial charge >= 0.3 is 6.03 Å². The molecule has 2 aromatic rings. The highest BCUT2D eigenvalue weighted by Gasteiger charge is 2.01. The molecule has 0 aliphatic carbocycles. The van der Waals surface area contributed by atoms with Crippen LogP contribution in [0.25, 0.3) is 6.08 Å². The highest BCUT2D eigenvalue weighted by Crippen LogP contribution is 2.12. The molecule has 5 nitrogen and oxygen atoms in total. The first-order valence-corrected chi connectivity index (χ1v) is 7.19. The van der Waals surface area contributed by atoms with Gasteiger partial charge in [-0.25, -0.2) is 14.8 Å². The van der Waals surface area contributed by atoms with Crippen LogP contribution in [0.1, 0.15) is 5.56 Å². The fourth-order valence-corrected chi connectivity index (χ4v) is 1.96. The van der Waals surface area contributed by atoms with Crippen LogP contribution in [0.2, 0.25) is 0 Å². The lowest BCUT2D eigenvalue weighted by Gasteiger charge is -2.02. The predicted molar refractivity (Wildman–Crippen MR) is 85.1 cm³/mol. The first-order chi connectivity index (χ1) is 9.63. The Morgan fingerprint density at radius 1 is 1.15 bits per heavy atom. The molecule has 0 aliphatic rings. The number of carbonyl (C=O) groups is 1. The molecule has 0 saturated heterocycles. The molecule has 0 spiro atoms. The van der Waals surface area contributed by atoms with Crippen LogP contribution in [0.5, 0.6) is 0 Å². The average Bonchev–Trinajstić information content (AvgIpc) is 2.41. The van der Waals surface area contributed by atoms with Crippen LogP contribution in [0.3, 0.4) is 0 Å². The third-order valence-corrected chi connectivity index (χ3v) is 3.09. The first-order valence-electron chi connectivity index (χ1n) is 5.61. The van der Waals surface area contributed by atoms with E-state index in [1.54, 1.807) is 24.7 Å². The van der Waals surface area contributed by atoms with Crippen molar-refractivity contribution in [2.45, 2.75) is 0 Å². The Labute approximate surface area is 132 Å². The summed E-state index contributed by atoms with van der Waals surface area (Å²) in [5.74, 6) is 0.238. The minimum absolute atomic E-state index is 0.238. The molecule has 7 heteroatoms. The molecule has 1 aromatic carbocycles. The highest BCUT2D eigenvalue weighted by molar-refractivity contribution is 9.10. The molecule has 0 saturated carbocycles. The van der Waals surface area contributed by atoms with Gasteiger partial charge in [0.2, 0.25) is 5.95 Å². The molecule has 1 heterocycles. The van der Waals surface area contributed by atoms with E-state index in [0.717, 1.165) is 14.5 Å². The summed E-state index contributed by atoms with van der Waals surface area (Å²) in [4.78, 5) is 19.5. The first kappa shape index (κ1) is 14.7. The Balaban J connectivity index is 1.87. The van der Waals surface area contributed by atoms with Crippen LogP contribution in [-0.4, -0.2) is 16.0 Å². The average molecular weight is 398 g/mol. The smallest absolute Gasteiger partial charge is 0.314 e. The summed E-state index contributed by atoms with van der Waals surface area (Å²) >= 11 is 6.60. The zero-order valence-electron chi connectivity index (χ0n) is 10.2. The van der Waals surface area contributed by atoms with E-state index in [-0.39, 0.29) is 5.95 Å². The van der Waals surface area contributed by atoms with Crippen LogP contribution < -0.4 is 10.6 Å². The number of hydrogen-bond donors (Lipinski definition) is 2. The summed E-state index contributed by atoms with van der Waals surface area (Å²) < 4.78 is 1.73. The quantitative estimate of drug-likeness (QED) is 0.827. The second-order valence-corrected chi connectivity index (χ2v) is 5.54. The van der Waals surface area contributed by atoms with E-state index in [1.807, 2.05) is 24.3 Å². The molecule has 0 atom stereocenters. The van der Waals surface area contributed by atoms with E-state index in [9.17, 15) is 4.79 Å². The van der Waals surface area contributed by atoms with Gasteiger partial charge in [0.15, 0.2) is 0 Å². The maximum Gasteiger partial charge on any atom is 0.325 e. The van der Waals surface area contributed by atoms with E-state index in [2.05, 4.69) is 52.5 Å². The van der Waals surface area contributed by atoms with Crippen molar-refractivity contribution < 1.29 is 4.79 Å². The summed E-state index contributed by atoms with van der Waals surface area (Å²) in [6, 6.07) is 7.31. The van der Waals surface area contributed by atoms with Crippen molar-refractivity contribution >= 4 is 49.9 Å². The van der Waals surface area contributed by atoms with Crippen LogP contribution >= 0.6 is 31.9 Å². The van der Waals surface area contributed by atoms with Gasteiger partial charge in [-0.1, -0.05) is 28.1 Å². The minimum Gasteiger partial charge on any atom is -0.314 e. The number of anilines is 1. The standard InChI is InChI=1S/C13H10Br2N4O/c14-10-3-1-2-9(6-10)4-5-16-13(20)19-12-17-7-11(15)8-18-12/h1-8H,(H2,16,17,18,19,20)/b5-4+. The van der Waals surface area contributed by atoms with E-state index < -0.39 is 6.03 Å². The van der Waals surface area contributed by atoms with Crippen molar-refractivity contribution in [3.05, 3.63) is 57.4 Å². The summed E-state index contributed by atoms with van der Waals surface area (Å²) in [5.41, 5.74) is 0.972. The normalized spacial score (nSPS) is 10.5. The molecule has 2 rings (SSSR count). The number of halogens is 2. The molecule has 0 unspecified atom stereocenters. The third kappa shape index (κ3) is 4.75. The van der Waals surface area contributed by atoms with Gasteiger partial charge in [-0.15, -0.1) is 0 Å². The number of hydrogen-bond acceptors (Lipinski definition) is 3. The number of nitrogens with one attached hydrogen (secondary N) is 2. The van der Waals surface area contributed by atoms with Gasteiger partial charge in [-0.2, -0.15) is 0 Å². The van der Waals surface area contributed by atoms with Gasteiger partial charge in [0, 0.05) is 23.1 Å². The number of rotatable bonds is 3. The summed E-state index contributed by atoms with van der Waals surface area (Å²) in [6.45, 7) is 0. The number of aromatic nitrogens is 2. The van der Waals surface area contributed by atoms with Crippen LogP contribution in [0, 0.1) is 0 Å². The van der Waals surface area contributed by atoms with Crippen molar-refractivity contribution in [3.63, 3.8) is 0 Å². The van der Waals surface area contributed by atoms with Crippen LogP contribution in [-0.2, 0) is 0 Å². The van der Waals surface area contributed by atoms with E-state index in [0.29, 0.717) is 0 Å². The Bertz CT molecular complexity index is 629. The molecule has 0 bridgehead atoms. The summed E-state index contributed by atoms with van der Waals surface area (Å²) in [5, 5.41) is 5.09. The molecule has 0 fully saturated rings. The summed E-state index contributed by atoms with van der Waals surface area (Å²) in [7, 11) is 0. The van der Waals surface area contributed by atoms with Gasteiger partial charge < -0.3 is 5.32 Å². The molecular weight excluding hydrogens is 388 g/mol. The number of amides is 2. The van der Waals surface area contributed by atoms with Crippen molar-refractivity contribution in [3.8, 4) is 0 Å². The summed E-state index contributed by atoms with van der Waals surface area (Å²) in [6.07, 6.45) is 6.45. The Kier molecular flexibility index (Phi) is 5.25. The lowest BCUT2D eigenvalue weighted by molar-refractivity contribution is 0.255. The second-order valence-electron chi connectivity index (χ2n) is 3.71. The Morgan fingerprint density at radius 3 is 2.60 bits per heavy atom. The number of nitrogens with zero attached hydrogens (tertiary/aromatic N) is 2. The monoisotopic (exact) mass is 396 g/mol. The van der Waals surface area contributed by atoms with Gasteiger partial charge in [0.1, 0.15) is 0 Å². The zero-order valence-corrected chi connectivity index (χ0v) is 13.3. The van der Waals surface area contributed by atoms with Crippen LogP contribution in [0.4, 0.5) is 10.7 Å². The lowest BCUT2D eigenvalue weighted by atomic mass is 10.2. The zero-order chi connectivity index (χ0) is 14.4. The number of urea groups is 1. The van der Waals surface area contributed by atoms with E-state index >= 15 is 0 Å². The topological polar surface area (TPSA) is 66.9 Å². The van der Waals surface area contributed by atoms with Gasteiger partial charge in [0.25, 0.3) is 0 Å².